The van der Waals surface area contributed by atoms with Crippen LogP contribution < -0.4 is 9.47 Å². The maximum absolute atomic E-state index is 12.1. The number of quaternary nitrogens is 1. The van der Waals surface area contributed by atoms with Gasteiger partial charge in [0.1, 0.15) is 12.6 Å². The van der Waals surface area contributed by atoms with Gasteiger partial charge in [0.25, 0.3) is 0 Å². The molecule has 0 aromatic heterocycles. The van der Waals surface area contributed by atoms with E-state index in [4.69, 9.17) is 19.3 Å². The smallest absolute Gasteiger partial charge is 0.308 e. The van der Waals surface area contributed by atoms with Crippen molar-refractivity contribution < 1.29 is 38.2 Å². The van der Waals surface area contributed by atoms with Gasteiger partial charge in [0.05, 0.1) is 26.2 Å². The van der Waals surface area contributed by atoms with E-state index < -0.39 is 5.97 Å². The first kappa shape index (κ1) is 23.1. The number of methoxy groups -OCH3 is 1. The molecule has 170 valence electrons. The lowest BCUT2D eigenvalue weighted by molar-refractivity contribution is -0.961. The molecule has 4 atom stereocenters. The summed E-state index contributed by atoms with van der Waals surface area (Å²) >= 11 is 0. The van der Waals surface area contributed by atoms with Crippen LogP contribution in [0.1, 0.15) is 57.4 Å². The number of piperidine rings is 1. The molecule has 8 nitrogen and oxygen atoms in total. The van der Waals surface area contributed by atoms with Gasteiger partial charge in [-0.2, -0.15) is 0 Å². The van der Waals surface area contributed by atoms with Crippen LogP contribution in [0, 0.1) is 0 Å². The second-order valence-corrected chi connectivity index (χ2v) is 8.80. The highest BCUT2D eigenvalue weighted by Crippen LogP contribution is 2.44. The number of carboxylic acid groups (broad SMARTS) is 1. The number of carbonyl (C=O) groups excluding carboxylic acids is 2. The van der Waals surface area contributed by atoms with Gasteiger partial charge in [0.2, 0.25) is 0 Å². The Hall–Kier alpha value is -2.61. The van der Waals surface area contributed by atoms with E-state index >= 15 is 0 Å². The summed E-state index contributed by atoms with van der Waals surface area (Å²) in [5.74, 6) is -0.626. The molecular weight excluding hydrogens is 402 g/mol. The zero-order valence-corrected chi connectivity index (χ0v) is 18.5. The number of aliphatic carboxylic acids is 1. The number of ether oxygens (including phenoxy) is 3. The number of esters is 2. The maximum atomic E-state index is 12.1. The van der Waals surface area contributed by atoms with Crippen LogP contribution in [0.5, 0.6) is 11.5 Å². The minimum atomic E-state index is -0.894. The highest BCUT2D eigenvalue weighted by atomic mass is 16.6. The van der Waals surface area contributed by atoms with E-state index in [9.17, 15) is 14.4 Å². The van der Waals surface area contributed by atoms with Crippen molar-refractivity contribution in [1.29, 1.82) is 0 Å². The third-order valence-corrected chi connectivity index (χ3v) is 6.65. The van der Waals surface area contributed by atoms with Gasteiger partial charge in [-0.1, -0.05) is 0 Å². The van der Waals surface area contributed by atoms with Crippen molar-refractivity contribution in [1.82, 2.24) is 0 Å². The minimum Gasteiger partial charge on any atom is -0.493 e. The summed E-state index contributed by atoms with van der Waals surface area (Å²) in [6.07, 6.45) is 4.18. The van der Waals surface area contributed by atoms with E-state index in [1.807, 2.05) is 12.1 Å². The summed E-state index contributed by atoms with van der Waals surface area (Å²) in [4.78, 5) is 34.0. The molecule has 0 spiro atoms. The predicted molar refractivity (Wildman–Crippen MR) is 112 cm³/mol. The van der Waals surface area contributed by atoms with E-state index in [1.165, 1.54) is 6.92 Å². The molecule has 0 aliphatic carbocycles. The quantitative estimate of drug-likeness (QED) is 0.362. The van der Waals surface area contributed by atoms with Gasteiger partial charge in [-0.3, -0.25) is 14.4 Å². The lowest BCUT2D eigenvalue weighted by Gasteiger charge is -2.47. The monoisotopic (exact) mass is 434 g/mol. The Morgan fingerprint density at radius 3 is 2.35 bits per heavy atom. The second-order valence-electron chi connectivity index (χ2n) is 8.80. The van der Waals surface area contributed by atoms with Crippen molar-refractivity contribution in [2.24, 2.45) is 0 Å². The summed E-state index contributed by atoms with van der Waals surface area (Å²) in [5.41, 5.74) is 1.11. The molecule has 2 heterocycles. The van der Waals surface area contributed by atoms with E-state index in [1.54, 1.807) is 13.2 Å². The summed E-state index contributed by atoms with van der Waals surface area (Å²) in [7, 11) is 3.82. The Bertz CT molecular complexity index is 823. The van der Waals surface area contributed by atoms with Gasteiger partial charge in [-0.25, -0.2) is 0 Å². The van der Waals surface area contributed by atoms with E-state index in [-0.39, 0.29) is 30.9 Å². The van der Waals surface area contributed by atoms with Gasteiger partial charge in [-0.05, 0) is 24.6 Å². The normalized spacial score (nSPS) is 26.9. The molecule has 0 radical (unpaired) electrons. The number of fused-ring (bicyclic) bond motifs is 2. The molecule has 2 unspecified atom stereocenters. The molecule has 1 aromatic carbocycles. The molecule has 8 heteroatoms. The Morgan fingerprint density at radius 1 is 1.10 bits per heavy atom. The highest BCUT2D eigenvalue weighted by molar-refractivity contribution is 5.71. The van der Waals surface area contributed by atoms with Crippen LogP contribution >= 0.6 is 0 Å². The van der Waals surface area contributed by atoms with Gasteiger partial charge in [0, 0.05) is 51.0 Å². The molecule has 2 bridgehead atoms. The summed E-state index contributed by atoms with van der Waals surface area (Å²) < 4.78 is 17.2. The fourth-order valence-electron chi connectivity index (χ4n) is 5.12. The molecule has 2 fully saturated rings. The molecule has 0 saturated carbocycles. The number of rotatable bonds is 9. The van der Waals surface area contributed by atoms with Crippen molar-refractivity contribution in [3.05, 3.63) is 23.8 Å². The average molecular weight is 435 g/mol. The van der Waals surface area contributed by atoms with Gasteiger partial charge in [-0.15, -0.1) is 0 Å². The van der Waals surface area contributed by atoms with Gasteiger partial charge >= 0.3 is 17.9 Å². The van der Waals surface area contributed by atoms with E-state index in [0.29, 0.717) is 30.0 Å². The van der Waals surface area contributed by atoms with Crippen LogP contribution in [-0.4, -0.2) is 59.8 Å². The first-order valence-corrected chi connectivity index (χ1v) is 10.8. The Morgan fingerprint density at radius 2 is 1.77 bits per heavy atom. The summed E-state index contributed by atoms with van der Waals surface area (Å²) in [6, 6.07) is 6.47. The van der Waals surface area contributed by atoms with Crippen LogP contribution in [0.25, 0.3) is 0 Å². The van der Waals surface area contributed by atoms with Crippen molar-refractivity contribution in [3.63, 3.8) is 0 Å². The standard InChI is InChI=1S/C23H31NO7/c1-15(25)30-20-10-7-16(11-21(20)29-3)14-24(2)17-8-9-18(24)13-19(12-17)31-23(28)6-4-5-22(26)27/h7,10-11,17-19H,4-6,8-9,12-14H2,1-3H3/p+1/t17-,18+,19?,24?. The third kappa shape index (κ3) is 5.55. The number of carboxylic acids is 1. The summed E-state index contributed by atoms with van der Waals surface area (Å²) in [6.45, 7) is 2.19. The van der Waals surface area contributed by atoms with Crippen molar-refractivity contribution in [2.45, 2.75) is 76.6 Å². The third-order valence-electron chi connectivity index (χ3n) is 6.65. The fraction of sp³-hybridized carbons (Fsp3) is 0.609. The zero-order chi connectivity index (χ0) is 22.6. The molecule has 0 amide bonds. The lowest BCUT2D eigenvalue weighted by Crippen LogP contribution is -2.58. The van der Waals surface area contributed by atoms with E-state index in [0.717, 1.165) is 42.3 Å². The SMILES string of the molecule is COc1cc(C[N+]2(C)[C@@H]3CC[C@H]2CC(OC(=O)CCCC(=O)O)C3)ccc1OC(C)=O. The van der Waals surface area contributed by atoms with E-state index in [2.05, 4.69) is 7.05 Å². The van der Waals surface area contributed by atoms with Crippen molar-refractivity contribution in [3.8, 4) is 11.5 Å². The fourth-order valence-corrected chi connectivity index (χ4v) is 5.12. The van der Waals surface area contributed by atoms with Crippen molar-refractivity contribution >= 4 is 17.9 Å². The lowest BCUT2D eigenvalue weighted by atomic mass is 9.95. The number of benzene rings is 1. The Labute approximate surface area is 182 Å². The molecule has 2 aliphatic heterocycles. The second kappa shape index (κ2) is 9.68. The molecule has 1 N–H and O–H groups in total. The largest absolute Gasteiger partial charge is 0.493 e. The molecule has 2 aliphatic rings. The van der Waals surface area contributed by atoms with Crippen LogP contribution in [0.3, 0.4) is 0 Å². The maximum Gasteiger partial charge on any atom is 0.308 e. The van der Waals surface area contributed by atoms with Crippen LogP contribution in [0.15, 0.2) is 18.2 Å². The van der Waals surface area contributed by atoms with Gasteiger partial charge < -0.3 is 23.8 Å². The van der Waals surface area contributed by atoms with Crippen LogP contribution in [0.2, 0.25) is 0 Å². The highest BCUT2D eigenvalue weighted by Gasteiger charge is 2.52. The van der Waals surface area contributed by atoms with Crippen molar-refractivity contribution in [2.75, 3.05) is 14.2 Å². The molecular formula is C23H32NO7+. The molecule has 31 heavy (non-hydrogen) atoms. The molecule has 1 aromatic rings. The predicted octanol–water partition coefficient (Wildman–Crippen LogP) is 3.06. The zero-order valence-electron chi connectivity index (χ0n) is 18.5. The minimum absolute atomic E-state index is 0.0142. The number of hydrogen-bond donors (Lipinski definition) is 1. The Kier molecular flexibility index (Phi) is 7.20. The summed E-state index contributed by atoms with van der Waals surface area (Å²) in [5, 5.41) is 8.71. The first-order chi connectivity index (χ1) is 14.7. The topological polar surface area (TPSA) is 99.1 Å². The average Bonchev–Trinajstić information content (AvgIpc) is 2.86. The number of nitrogens with zero attached hydrogens (tertiary/aromatic N) is 1. The molecule has 3 rings (SSSR count). The van der Waals surface area contributed by atoms with Gasteiger partial charge in [0.15, 0.2) is 11.5 Å². The number of hydrogen-bond acceptors (Lipinski definition) is 6. The molecule has 2 saturated heterocycles. The number of carbonyl (C=O) groups is 3. The Balaban J connectivity index is 1.62. The first-order valence-electron chi connectivity index (χ1n) is 10.8. The van der Waals surface area contributed by atoms with Crippen LogP contribution in [0.4, 0.5) is 0 Å². The van der Waals surface area contributed by atoms with Crippen LogP contribution in [-0.2, 0) is 25.7 Å².